The van der Waals surface area contributed by atoms with Crippen LogP contribution in [0.4, 0.5) is 16.2 Å². The number of carbonyl (C=O) groups is 3. The van der Waals surface area contributed by atoms with Crippen LogP contribution in [0.3, 0.4) is 0 Å². The second-order valence-corrected chi connectivity index (χ2v) is 13.2. The van der Waals surface area contributed by atoms with Gasteiger partial charge in [-0.2, -0.15) is 0 Å². The van der Waals surface area contributed by atoms with Gasteiger partial charge in [-0.3, -0.25) is 9.59 Å². The van der Waals surface area contributed by atoms with Crippen LogP contribution < -0.4 is 15.4 Å². The molecule has 1 heterocycles. The van der Waals surface area contributed by atoms with Crippen LogP contribution in [0.1, 0.15) is 60.7 Å². The molecule has 0 aromatic heterocycles. The first-order valence-corrected chi connectivity index (χ1v) is 17.3. The zero-order valence-electron chi connectivity index (χ0n) is 29.3. The molecule has 50 heavy (non-hydrogen) atoms. The molecule has 0 fully saturated rings. The lowest BCUT2D eigenvalue weighted by Gasteiger charge is -2.36. The Balaban J connectivity index is 1.40. The van der Waals surface area contributed by atoms with Crippen LogP contribution >= 0.6 is 0 Å². The number of likely N-dealkylation sites (N-methyl/N-ethyl adjacent to an activating group) is 1. The minimum atomic E-state index is -0.529. The average molecular weight is 681 g/mol. The summed E-state index contributed by atoms with van der Waals surface area (Å²) in [5.74, 6) is -0.244. The number of rotatable bonds is 7. The normalized spacial score (nSPS) is 19.4. The number of aliphatic hydroxyl groups is 1. The van der Waals surface area contributed by atoms with Crippen molar-refractivity contribution in [2.75, 3.05) is 44.0 Å². The molecule has 0 spiro atoms. The predicted molar refractivity (Wildman–Crippen MR) is 197 cm³/mol. The number of fused-ring (bicyclic) bond motifs is 2. The summed E-state index contributed by atoms with van der Waals surface area (Å²) < 4.78 is 12.7. The number of ether oxygens (including phenoxy) is 2. The Kier molecular flexibility index (Phi) is 12.5. The van der Waals surface area contributed by atoms with Gasteiger partial charge >= 0.3 is 6.03 Å². The summed E-state index contributed by atoms with van der Waals surface area (Å²) in [5, 5.41) is 18.0. The SMILES string of the molecule is C[C@@H]1CCCCO[C@@H](CN(C)C(=O)c2ccccc2)[C@H](C)CN([C@H](C)CO)C(=O)c2cc(NC(=O)Nc3cccc4ccccc34)ccc2O1. The molecule has 0 bridgehead atoms. The largest absolute Gasteiger partial charge is 0.490 e. The molecule has 0 unspecified atom stereocenters. The van der Waals surface area contributed by atoms with Gasteiger partial charge in [0, 0.05) is 49.3 Å². The van der Waals surface area contributed by atoms with Crippen molar-refractivity contribution >= 4 is 40.0 Å². The monoisotopic (exact) mass is 680 g/mol. The molecule has 10 heteroatoms. The molecular weight excluding hydrogens is 632 g/mol. The lowest BCUT2D eigenvalue weighted by Crippen LogP contribution is -2.48. The van der Waals surface area contributed by atoms with E-state index in [0.29, 0.717) is 35.8 Å². The standard InChI is InChI=1S/C40H48N4O6/c1-27-24-44(28(2)26-45)39(47)34-23-32(41-40(48)42-35-19-12-17-30-14-8-9-18-33(30)35)20-21-36(34)50-29(3)13-10-11-22-49-37(27)25-43(4)38(46)31-15-6-5-7-16-31/h5-9,12,14-21,23,27-29,37,45H,10-11,13,22,24-26H2,1-4H3,(H2,41,42,48)/t27-,28-,29-,37+/m1/s1. The smallest absolute Gasteiger partial charge is 0.323 e. The third-order valence-electron chi connectivity index (χ3n) is 9.17. The number of nitrogens with zero attached hydrogens (tertiary/aromatic N) is 2. The zero-order valence-corrected chi connectivity index (χ0v) is 29.3. The molecule has 3 N–H and O–H groups in total. The molecule has 4 aromatic carbocycles. The van der Waals surface area contributed by atoms with E-state index in [4.69, 9.17) is 9.47 Å². The molecule has 4 amide bonds. The second-order valence-electron chi connectivity index (χ2n) is 13.2. The topological polar surface area (TPSA) is 120 Å². The summed E-state index contributed by atoms with van der Waals surface area (Å²) in [7, 11) is 1.76. The van der Waals surface area contributed by atoms with E-state index in [0.717, 1.165) is 30.0 Å². The molecule has 1 aliphatic heterocycles. The van der Waals surface area contributed by atoms with Crippen LogP contribution in [-0.2, 0) is 4.74 Å². The summed E-state index contributed by atoms with van der Waals surface area (Å²) in [6.07, 6.45) is 1.85. The van der Waals surface area contributed by atoms with E-state index in [1.807, 2.05) is 74.5 Å². The Labute approximate surface area is 294 Å². The van der Waals surface area contributed by atoms with Crippen molar-refractivity contribution < 1.29 is 29.0 Å². The van der Waals surface area contributed by atoms with Crippen molar-refractivity contribution in [3.8, 4) is 5.75 Å². The van der Waals surface area contributed by atoms with Crippen LogP contribution in [0.25, 0.3) is 10.8 Å². The maximum Gasteiger partial charge on any atom is 0.323 e. The van der Waals surface area contributed by atoms with E-state index in [9.17, 15) is 19.5 Å². The Morgan fingerprint density at radius 3 is 2.48 bits per heavy atom. The predicted octanol–water partition coefficient (Wildman–Crippen LogP) is 7.05. The molecule has 4 aromatic rings. The number of hydrogen-bond acceptors (Lipinski definition) is 6. The molecule has 0 radical (unpaired) electrons. The van der Waals surface area contributed by atoms with Gasteiger partial charge in [-0.05, 0) is 74.9 Å². The number of nitrogens with one attached hydrogen (secondary N) is 2. The van der Waals surface area contributed by atoms with Crippen molar-refractivity contribution in [1.29, 1.82) is 0 Å². The van der Waals surface area contributed by atoms with Crippen LogP contribution in [0.2, 0.25) is 0 Å². The van der Waals surface area contributed by atoms with Crippen molar-refractivity contribution in [2.24, 2.45) is 5.92 Å². The van der Waals surface area contributed by atoms with Crippen molar-refractivity contribution in [3.05, 3.63) is 102 Å². The maximum atomic E-state index is 14.5. The molecule has 264 valence electrons. The summed E-state index contributed by atoms with van der Waals surface area (Å²) >= 11 is 0. The quantitative estimate of drug-likeness (QED) is 0.192. The number of benzene rings is 4. The molecule has 4 atom stereocenters. The second kappa shape index (κ2) is 17.1. The van der Waals surface area contributed by atoms with Gasteiger partial charge in [-0.1, -0.05) is 61.5 Å². The van der Waals surface area contributed by atoms with Crippen molar-refractivity contribution in [3.63, 3.8) is 0 Å². The molecule has 1 aliphatic rings. The van der Waals surface area contributed by atoms with Crippen LogP contribution in [0, 0.1) is 5.92 Å². The molecule has 0 aliphatic carbocycles. The van der Waals surface area contributed by atoms with E-state index >= 15 is 0 Å². The Hall–Kier alpha value is -4.93. The Morgan fingerprint density at radius 1 is 0.960 bits per heavy atom. The first kappa shape index (κ1) is 36.4. The fourth-order valence-corrected chi connectivity index (χ4v) is 6.24. The van der Waals surface area contributed by atoms with Gasteiger partial charge in [0.15, 0.2) is 0 Å². The summed E-state index contributed by atoms with van der Waals surface area (Å²) in [4.78, 5) is 44.2. The van der Waals surface area contributed by atoms with Crippen molar-refractivity contribution in [2.45, 2.75) is 58.3 Å². The Bertz CT molecular complexity index is 1760. The first-order chi connectivity index (χ1) is 24.1. The third-order valence-corrected chi connectivity index (χ3v) is 9.17. The first-order valence-electron chi connectivity index (χ1n) is 17.3. The number of amides is 4. The van der Waals surface area contributed by atoms with Gasteiger partial charge in [0.05, 0.1) is 36.1 Å². The average Bonchev–Trinajstić information content (AvgIpc) is 3.12. The summed E-state index contributed by atoms with van der Waals surface area (Å²) in [6.45, 7) is 6.59. The lowest BCUT2D eigenvalue weighted by atomic mass is 10.0. The highest BCUT2D eigenvalue weighted by molar-refractivity contribution is 6.07. The lowest BCUT2D eigenvalue weighted by molar-refractivity contribution is -0.0149. The van der Waals surface area contributed by atoms with Gasteiger partial charge in [-0.25, -0.2) is 4.79 Å². The van der Waals surface area contributed by atoms with Crippen LogP contribution in [-0.4, -0.2) is 84.4 Å². The van der Waals surface area contributed by atoms with E-state index in [1.54, 1.807) is 54.1 Å². The van der Waals surface area contributed by atoms with E-state index in [2.05, 4.69) is 10.6 Å². The third kappa shape index (κ3) is 9.19. The summed E-state index contributed by atoms with van der Waals surface area (Å²) in [5.41, 5.74) is 1.95. The minimum Gasteiger partial charge on any atom is -0.490 e. The van der Waals surface area contributed by atoms with E-state index < -0.39 is 12.1 Å². The van der Waals surface area contributed by atoms with Gasteiger partial charge in [0.2, 0.25) is 0 Å². The molecule has 5 rings (SSSR count). The highest BCUT2D eigenvalue weighted by Crippen LogP contribution is 2.29. The van der Waals surface area contributed by atoms with Crippen molar-refractivity contribution in [1.82, 2.24) is 9.80 Å². The van der Waals surface area contributed by atoms with Gasteiger partial charge in [-0.15, -0.1) is 0 Å². The molecule has 0 saturated carbocycles. The fourth-order valence-electron chi connectivity index (χ4n) is 6.24. The maximum absolute atomic E-state index is 14.5. The fraction of sp³-hybridized carbons (Fsp3) is 0.375. The number of carbonyl (C=O) groups excluding carboxylic acids is 3. The number of aliphatic hydroxyl groups excluding tert-OH is 1. The highest BCUT2D eigenvalue weighted by Gasteiger charge is 2.31. The van der Waals surface area contributed by atoms with Crippen LogP contribution in [0.15, 0.2) is 91.0 Å². The Morgan fingerprint density at radius 2 is 1.70 bits per heavy atom. The number of urea groups is 1. The van der Waals surface area contributed by atoms with Gasteiger partial charge in [0.1, 0.15) is 5.75 Å². The van der Waals surface area contributed by atoms with Gasteiger partial charge in [0.25, 0.3) is 11.8 Å². The van der Waals surface area contributed by atoms with E-state index in [1.165, 1.54) is 0 Å². The molecule has 0 saturated heterocycles. The molecule has 10 nitrogen and oxygen atoms in total. The zero-order chi connectivity index (χ0) is 35.6. The number of hydrogen-bond donors (Lipinski definition) is 3. The van der Waals surface area contributed by atoms with E-state index in [-0.39, 0.29) is 48.7 Å². The van der Waals surface area contributed by atoms with Crippen LogP contribution in [0.5, 0.6) is 5.75 Å². The summed E-state index contributed by atoms with van der Waals surface area (Å²) in [6, 6.07) is 26.7. The minimum absolute atomic E-state index is 0.109. The van der Waals surface area contributed by atoms with Gasteiger partial charge < -0.3 is 35.0 Å². The number of anilines is 2. The molecular formula is C40H48N4O6. The highest BCUT2D eigenvalue weighted by atomic mass is 16.5.